The number of rotatable bonds is 2. The molecule has 0 radical (unpaired) electrons. The van der Waals surface area contributed by atoms with E-state index >= 15 is 0 Å². The number of hydrogen-bond donors (Lipinski definition) is 1. The molecule has 2 rings (SSSR count). The third-order valence-corrected chi connectivity index (χ3v) is 2.20. The van der Waals surface area contributed by atoms with Crippen molar-refractivity contribution in [1.29, 1.82) is 0 Å². The van der Waals surface area contributed by atoms with E-state index in [1.807, 2.05) is 44.2 Å². The first-order valence-electron chi connectivity index (χ1n) is 5.70. The average molecular weight is 231 g/mol. The number of pyridine rings is 1. The number of nitrogens with zero attached hydrogens (tertiary/aromatic N) is 1. The molecule has 0 aliphatic rings. The summed E-state index contributed by atoms with van der Waals surface area (Å²) in [4.78, 5) is 11.5. The molecule has 0 bridgehead atoms. The molecule has 0 saturated heterocycles. The van der Waals surface area contributed by atoms with E-state index in [0.29, 0.717) is 6.54 Å². The average Bonchev–Trinajstić information content (AvgIpc) is 2.39. The molecule has 2 aromatic rings. The largest absolute Gasteiger partial charge is 0.503 e. The first-order valence-corrected chi connectivity index (χ1v) is 5.70. The Kier molecular flexibility index (Phi) is 5.01. The van der Waals surface area contributed by atoms with Crippen LogP contribution in [0.2, 0.25) is 0 Å². The summed E-state index contributed by atoms with van der Waals surface area (Å²) in [5.74, 6) is -0.214. The lowest BCUT2D eigenvalue weighted by atomic mass is 10.2. The number of aromatic hydroxyl groups is 1. The highest BCUT2D eigenvalue weighted by molar-refractivity contribution is 5.19. The Morgan fingerprint density at radius 2 is 1.71 bits per heavy atom. The predicted molar refractivity (Wildman–Crippen MR) is 69.3 cm³/mol. The quantitative estimate of drug-likeness (QED) is 0.863. The Morgan fingerprint density at radius 3 is 2.35 bits per heavy atom. The molecule has 3 nitrogen and oxygen atoms in total. The second kappa shape index (κ2) is 6.53. The molecule has 1 aromatic heterocycles. The molecule has 0 unspecified atom stereocenters. The van der Waals surface area contributed by atoms with Gasteiger partial charge < -0.3 is 9.67 Å². The van der Waals surface area contributed by atoms with Crippen LogP contribution in [0.1, 0.15) is 19.4 Å². The van der Waals surface area contributed by atoms with Crippen molar-refractivity contribution in [2.75, 3.05) is 0 Å². The van der Waals surface area contributed by atoms with Crippen LogP contribution >= 0.6 is 0 Å². The van der Waals surface area contributed by atoms with E-state index in [2.05, 4.69) is 0 Å². The molecule has 90 valence electrons. The minimum atomic E-state index is -0.360. The van der Waals surface area contributed by atoms with Crippen LogP contribution in [0, 0.1) is 0 Å². The summed E-state index contributed by atoms with van der Waals surface area (Å²) < 4.78 is 1.48. The van der Waals surface area contributed by atoms with Crippen LogP contribution in [0.3, 0.4) is 0 Å². The Hall–Kier alpha value is -2.03. The first kappa shape index (κ1) is 13.0. The fraction of sp³-hybridized carbons (Fsp3) is 0.214. The summed E-state index contributed by atoms with van der Waals surface area (Å²) in [5.41, 5.74) is 0.673. The van der Waals surface area contributed by atoms with Gasteiger partial charge in [0.1, 0.15) is 0 Å². The minimum Gasteiger partial charge on any atom is -0.503 e. The molecule has 0 spiro atoms. The summed E-state index contributed by atoms with van der Waals surface area (Å²) in [6.45, 7) is 4.48. The van der Waals surface area contributed by atoms with Gasteiger partial charge in [-0.05, 0) is 17.7 Å². The van der Waals surface area contributed by atoms with Crippen LogP contribution in [0.4, 0.5) is 0 Å². The number of benzene rings is 1. The molecule has 17 heavy (non-hydrogen) atoms. The van der Waals surface area contributed by atoms with Crippen LogP contribution in [0.15, 0.2) is 53.5 Å². The molecule has 0 aliphatic heterocycles. The van der Waals surface area contributed by atoms with Gasteiger partial charge in [-0.15, -0.1) is 0 Å². The summed E-state index contributed by atoms with van der Waals surface area (Å²) in [7, 11) is 0. The molecule has 0 saturated carbocycles. The van der Waals surface area contributed by atoms with Gasteiger partial charge in [-0.25, -0.2) is 0 Å². The van der Waals surface area contributed by atoms with Crippen molar-refractivity contribution in [3.05, 3.63) is 64.6 Å². The molecule has 0 amide bonds. The van der Waals surface area contributed by atoms with Crippen LogP contribution in [-0.2, 0) is 6.54 Å². The topological polar surface area (TPSA) is 42.2 Å². The van der Waals surface area contributed by atoms with Gasteiger partial charge in [-0.2, -0.15) is 0 Å². The molecule has 0 fully saturated rings. The second-order valence-corrected chi connectivity index (χ2v) is 3.31. The Balaban J connectivity index is 0.000000686. The lowest BCUT2D eigenvalue weighted by Crippen LogP contribution is -2.18. The molecule has 3 heteroatoms. The van der Waals surface area contributed by atoms with E-state index in [4.69, 9.17) is 0 Å². The second-order valence-electron chi connectivity index (χ2n) is 3.31. The minimum absolute atomic E-state index is 0.214. The van der Waals surface area contributed by atoms with E-state index in [1.54, 1.807) is 12.3 Å². The van der Waals surface area contributed by atoms with E-state index in [9.17, 15) is 9.90 Å². The van der Waals surface area contributed by atoms with Crippen molar-refractivity contribution >= 4 is 0 Å². The van der Waals surface area contributed by atoms with Crippen LogP contribution in [0.25, 0.3) is 0 Å². The molecular formula is C14H17NO2. The summed E-state index contributed by atoms with van der Waals surface area (Å²) >= 11 is 0. The SMILES string of the molecule is CC.O=c1c(O)cccn1Cc1ccccc1. The van der Waals surface area contributed by atoms with Crippen molar-refractivity contribution in [2.24, 2.45) is 0 Å². The number of aromatic nitrogens is 1. The molecule has 1 aromatic carbocycles. The van der Waals surface area contributed by atoms with Gasteiger partial charge in [0, 0.05) is 6.20 Å². The monoisotopic (exact) mass is 231 g/mol. The van der Waals surface area contributed by atoms with Gasteiger partial charge in [0.15, 0.2) is 5.75 Å². The van der Waals surface area contributed by atoms with Crippen molar-refractivity contribution in [3.63, 3.8) is 0 Å². The smallest absolute Gasteiger partial charge is 0.292 e. The van der Waals surface area contributed by atoms with Crippen molar-refractivity contribution in [3.8, 4) is 5.75 Å². The van der Waals surface area contributed by atoms with Crippen molar-refractivity contribution < 1.29 is 5.11 Å². The van der Waals surface area contributed by atoms with E-state index < -0.39 is 0 Å². The van der Waals surface area contributed by atoms with E-state index in [-0.39, 0.29) is 11.3 Å². The summed E-state index contributed by atoms with van der Waals surface area (Å²) in [5, 5.41) is 9.24. The fourth-order valence-corrected chi connectivity index (χ4v) is 1.43. The van der Waals surface area contributed by atoms with Gasteiger partial charge in [-0.1, -0.05) is 44.2 Å². The molecule has 0 aliphatic carbocycles. The standard InChI is InChI=1S/C12H11NO2.C2H6/c14-11-7-4-8-13(12(11)15)9-10-5-2-1-3-6-10;1-2/h1-8,14H,9H2;1-2H3. The Morgan fingerprint density at radius 1 is 1.06 bits per heavy atom. The maximum Gasteiger partial charge on any atom is 0.292 e. The first-order chi connectivity index (χ1) is 8.27. The molecular weight excluding hydrogens is 214 g/mol. The van der Waals surface area contributed by atoms with Gasteiger partial charge >= 0.3 is 0 Å². The predicted octanol–water partition coefficient (Wildman–Crippen LogP) is 2.63. The number of hydrogen-bond acceptors (Lipinski definition) is 2. The van der Waals surface area contributed by atoms with Gasteiger partial charge in [0.05, 0.1) is 6.54 Å². The Labute approximate surface area is 101 Å². The molecule has 1 N–H and O–H groups in total. The maximum atomic E-state index is 11.5. The molecule has 0 atom stereocenters. The van der Waals surface area contributed by atoms with E-state index in [1.165, 1.54) is 10.6 Å². The highest BCUT2D eigenvalue weighted by atomic mass is 16.3. The fourth-order valence-electron chi connectivity index (χ4n) is 1.43. The zero-order valence-corrected chi connectivity index (χ0v) is 10.1. The van der Waals surface area contributed by atoms with Crippen molar-refractivity contribution in [2.45, 2.75) is 20.4 Å². The summed E-state index contributed by atoms with van der Waals surface area (Å²) in [6, 6.07) is 12.7. The highest BCUT2D eigenvalue weighted by Crippen LogP contribution is 2.03. The van der Waals surface area contributed by atoms with Crippen molar-refractivity contribution in [1.82, 2.24) is 4.57 Å². The normalized spacial score (nSPS) is 9.29. The Bertz CT molecular complexity index is 503. The lowest BCUT2D eigenvalue weighted by molar-refractivity contribution is 0.459. The maximum absolute atomic E-state index is 11.5. The third kappa shape index (κ3) is 3.48. The summed E-state index contributed by atoms with van der Waals surface area (Å²) in [6.07, 6.45) is 1.66. The van der Waals surface area contributed by atoms with E-state index in [0.717, 1.165) is 5.56 Å². The van der Waals surface area contributed by atoms with Gasteiger partial charge in [-0.3, -0.25) is 4.79 Å². The van der Waals surface area contributed by atoms with Gasteiger partial charge in [0.2, 0.25) is 0 Å². The lowest BCUT2D eigenvalue weighted by Gasteiger charge is -2.05. The third-order valence-electron chi connectivity index (χ3n) is 2.20. The highest BCUT2D eigenvalue weighted by Gasteiger charge is 2.00. The zero-order valence-electron chi connectivity index (χ0n) is 10.1. The van der Waals surface area contributed by atoms with Crippen LogP contribution < -0.4 is 5.56 Å². The molecule has 1 heterocycles. The van der Waals surface area contributed by atoms with Crippen LogP contribution in [-0.4, -0.2) is 9.67 Å². The van der Waals surface area contributed by atoms with Gasteiger partial charge in [0.25, 0.3) is 5.56 Å². The zero-order chi connectivity index (χ0) is 12.7. The van der Waals surface area contributed by atoms with Crippen LogP contribution in [0.5, 0.6) is 5.75 Å².